The van der Waals surface area contributed by atoms with E-state index in [2.05, 4.69) is 20.7 Å². The van der Waals surface area contributed by atoms with Crippen LogP contribution in [0, 0.1) is 0 Å². The summed E-state index contributed by atoms with van der Waals surface area (Å²) in [6.45, 7) is -0.192. The molecule has 0 aliphatic carbocycles. The van der Waals surface area contributed by atoms with Crippen LogP contribution in [0.25, 0.3) is 0 Å². The number of nitrogens with one attached hydrogen (secondary N) is 1. The highest BCUT2D eigenvalue weighted by atomic mass is 79.9. The highest BCUT2D eigenvalue weighted by molar-refractivity contribution is 9.10. The standard InChI is InChI=1S/C15H13BrF3NO2S/c16-14-6-4-11(5-7-14)10-23(21,22)20-9-12-2-1-3-13(8-12)15(17,18)19/h1-8,20H,9-10H2. The van der Waals surface area contributed by atoms with Gasteiger partial charge in [0.25, 0.3) is 0 Å². The smallest absolute Gasteiger partial charge is 0.212 e. The van der Waals surface area contributed by atoms with Gasteiger partial charge in [-0.1, -0.05) is 46.3 Å². The first-order valence-corrected chi connectivity index (χ1v) is 8.98. The first-order chi connectivity index (χ1) is 10.7. The van der Waals surface area contributed by atoms with Crippen molar-refractivity contribution in [2.45, 2.75) is 18.5 Å². The monoisotopic (exact) mass is 407 g/mol. The predicted octanol–water partition coefficient (Wildman–Crippen LogP) is 4.09. The Hall–Kier alpha value is -1.38. The van der Waals surface area contributed by atoms with E-state index in [-0.39, 0.29) is 17.9 Å². The Labute approximate surface area is 140 Å². The van der Waals surface area contributed by atoms with Gasteiger partial charge in [0.05, 0.1) is 11.3 Å². The zero-order valence-corrected chi connectivity index (χ0v) is 14.2. The minimum absolute atomic E-state index is 0.192. The maximum atomic E-state index is 12.6. The molecule has 0 saturated carbocycles. The number of benzene rings is 2. The quantitative estimate of drug-likeness (QED) is 0.811. The lowest BCUT2D eigenvalue weighted by Gasteiger charge is -2.10. The van der Waals surface area contributed by atoms with E-state index in [1.165, 1.54) is 12.1 Å². The second kappa shape index (κ2) is 7.02. The predicted molar refractivity (Wildman–Crippen MR) is 85.0 cm³/mol. The Balaban J connectivity index is 2.03. The number of alkyl halides is 3. The fourth-order valence-corrected chi connectivity index (χ4v) is 3.29. The van der Waals surface area contributed by atoms with Crippen LogP contribution in [0.5, 0.6) is 0 Å². The van der Waals surface area contributed by atoms with Gasteiger partial charge in [0.1, 0.15) is 0 Å². The van der Waals surface area contributed by atoms with E-state index in [1.807, 2.05) is 0 Å². The summed E-state index contributed by atoms with van der Waals surface area (Å²) in [6, 6.07) is 11.3. The van der Waals surface area contributed by atoms with Crippen LogP contribution >= 0.6 is 15.9 Å². The Morgan fingerprint density at radius 2 is 1.65 bits per heavy atom. The first kappa shape index (κ1) is 18.0. The van der Waals surface area contributed by atoms with Gasteiger partial charge in [-0.25, -0.2) is 13.1 Å². The number of halogens is 4. The average molecular weight is 408 g/mol. The Morgan fingerprint density at radius 3 is 2.26 bits per heavy atom. The van der Waals surface area contributed by atoms with E-state index in [4.69, 9.17) is 0 Å². The molecule has 124 valence electrons. The van der Waals surface area contributed by atoms with Gasteiger partial charge in [0.15, 0.2) is 0 Å². The molecular formula is C15H13BrF3NO2S. The summed E-state index contributed by atoms with van der Waals surface area (Å²) < 4.78 is 65.0. The topological polar surface area (TPSA) is 46.2 Å². The summed E-state index contributed by atoms with van der Waals surface area (Å²) in [5, 5.41) is 0. The van der Waals surface area contributed by atoms with Crippen molar-refractivity contribution in [3.63, 3.8) is 0 Å². The molecule has 2 rings (SSSR count). The molecule has 0 fully saturated rings. The van der Waals surface area contributed by atoms with Crippen molar-refractivity contribution in [3.8, 4) is 0 Å². The summed E-state index contributed by atoms with van der Waals surface area (Å²) in [5.41, 5.74) is 0.0334. The van der Waals surface area contributed by atoms with Gasteiger partial charge in [-0.2, -0.15) is 13.2 Å². The second-order valence-electron chi connectivity index (χ2n) is 4.90. The molecule has 0 radical (unpaired) electrons. The lowest BCUT2D eigenvalue weighted by Crippen LogP contribution is -2.24. The Morgan fingerprint density at radius 1 is 1.00 bits per heavy atom. The maximum absolute atomic E-state index is 12.6. The van der Waals surface area contributed by atoms with Gasteiger partial charge >= 0.3 is 6.18 Å². The van der Waals surface area contributed by atoms with Gasteiger partial charge in [-0.05, 0) is 29.3 Å². The van der Waals surface area contributed by atoms with Crippen molar-refractivity contribution in [1.29, 1.82) is 0 Å². The van der Waals surface area contributed by atoms with Crippen molar-refractivity contribution in [3.05, 3.63) is 69.7 Å². The minimum atomic E-state index is -4.45. The third kappa shape index (κ3) is 5.63. The normalized spacial score (nSPS) is 12.3. The molecule has 0 atom stereocenters. The molecule has 0 spiro atoms. The molecule has 0 aliphatic rings. The third-order valence-electron chi connectivity index (χ3n) is 3.02. The van der Waals surface area contributed by atoms with Crippen LogP contribution in [0.1, 0.15) is 16.7 Å². The van der Waals surface area contributed by atoms with E-state index in [9.17, 15) is 21.6 Å². The van der Waals surface area contributed by atoms with Gasteiger partial charge < -0.3 is 0 Å². The van der Waals surface area contributed by atoms with Crippen molar-refractivity contribution in [1.82, 2.24) is 4.72 Å². The molecule has 23 heavy (non-hydrogen) atoms. The second-order valence-corrected chi connectivity index (χ2v) is 7.63. The van der Waals surface area contributed by atoms with E-state index in [0.29, 0.717) is 5.56 Å². The Kier molecular flexibility index (Phi) is 5.49. The van der Waals surface area contributed by atoms with Crippen LogP contribution in [-0.4, -0.2) is 8.42 Å². The molecule has 3 nitrogen and oxygen atoms in total. The number of rotatable bonds is 5. The van der Waals surface area contributed by atoms with E-state index in [1.54, 1.807) is 24.3 Å². The molecule has 0 amide bonds. The third-order valence-corrected chi connectivity index (χ3v) is 4.85. The van der Waals surface area contributed by atoms with Crippen LogP contribution in [-0.2, 0) is 28.5 Å². The summed E-state index contributed by atoms with van der Waals surface area (Å²) >= 11 is 3.25. The summed E-state index contributed by atoms with van der Waals surface area (Å²) in [6.07, 6.45) is -4.45. The van der Waals surface area contributed by atoms with Gasteiger partial charge in [0, 0.05) is 11.0 Å². The lowest BCUT2D eigenvalue weighted by atomic mass is 10.1. The van der Waals surface area contributed by atoms with Crippen LogP contribution < -0.4 is 4.72 Å². The fourth-order valence-electron chi connectivity index (χ4n) is 1.90. The number of hydrogen-bond donors (Lipinski definition) is 1. The van der Waals surface area contributed by atoms with Gasteiger partial charge in [0.2, 0.25) is 10.0 Å². The van der Waals surface area contributed by atoms with Gasteiger partial charge in [-0.15, -0.1) is 0 Å². The summed E-state index contributed by atoms with van der Waals surface area (Å²) in [4.78, 5) is 0. The number of sulfonamides is 1. The van der Waals surface area contributed by atoms with Crippen LogP contribution in [0.2, 0.25) is 0 Å². The molecule has 0 aliphatic heterocycles. The SMILES string of the molecule is O=S(=O)(Cc1ccc(Br)cc1)NCc1cccc(C(F)(F)F)c1. The molecule has 0 aromatic heterocycles. The zero-order valence-electron chi connectivity index (χ0n) is 11.8. The molecule has 0 heterocycles. The lowest BCUT2D eigenvalue weighted by molar-refractivity contribution is -0.137. The average Bonchev–Trinajstić information content (AvgIpc) is 2.47. The largest absolute Gasteiger partial charge is 0.416 e. The highest BCUT2D eigenvalue weighted by Crippen LogP contribution is 2.29. The minimum Gasteiger partial charge on any atom is -0.212 e. The maximum Gasteiger partial charge on any atom is 0.416 e. The van der Waals surface area contributed by atoms with Crippen LogP contribution in [0.3, 0.4) is 0 Å². The molecule has 2 aromatic carbocycles. The van der Waals surface area contributed by atoms with Gasteiger partial charge in [-0.3, -0.25) is 0 Å². The van der Waals surface area contributed by atoms with Crippen molar-refractivity contribution in [2.24, 2.45) is 0 Å². The van der Waals surface area contributed by atoms with Crippen molar-refractivity contribution < 1.29 is 21.6 Å². The fraction of sp³-hybridized carbons (Fsp3) is 0.200. The molecule has 0 unspecified atom stereocenters. The summed E-state index contributed by atoms with van der Waals surface area (Å²) in [7, 11) is -3.64. The van der Waals surface area contributed by atoms with E-state index >= 15 is 0 Å². The molecule has 0 saturated heterocycles. The van der Waals surface area contributed by atoms with Crippen molar-refractivity contribution in [2.75, 3.05) is 0 Å². The molecular weight excluding hydrogens is 395 g/mol. The van der Waals surface area contributed by atoms with Crippen LogP contribution in [0.4, 0.5) is 13.2 Å². The Bertz CT molecular complexity index is 774. The molecule has 2 aromatic rings. The molecule has 8 heteroatoms. The van der Waals surface area contributed by atoms with E-state index < -0.39 is 21.8 Å². The highest BCUT2D eigenvalue weighted by Gasteiger charge is 2.30. The molecule has 0 bridgehead atoms. The number of hydrogen-bond acceptors (Lipinski definition) is 2. The first-order valence-electron chi connectivity index (χ1n) is 6.54. The zero-order chi connectivity index (χ0) is 17.1. The van der Waals surface area contributed by atoms with Crippen LogP contribution in [0.15, 0.2) is 53.0 Å². The molecule has 1 N–H and O–H groups in total. The van der Waals surface area contributed by atoms with E-state index in [0.717, 1.165) is 16.6 Å². The van der Waals surface area contributed by atoms with Crippen molar-refractivity contribution >= 4 is 26.0 Å². The summed E-state index contributed by atoms with van der Waals surface area (Å²) in [5.74, 6) is -0.237.